The highest BCUT2D eigenvalue weighted by molar-refractivity contribution is 8.03. The van der Waals surface area contributed by atoms with Gasteiger partial charge in [0.25, 0.3) is 11.6 Å². The lowest BCUT2D eigenvalue weighted by molar-refractivity contribution is -0.384. The topological polar surface area (TPSA) is 137 Å². The molecule has 1 amide bonds. The molecule has 0 radical (unpaired) electrons. The summed E-state index contributed by atoms with van der Waals surface area (Å²) in [4.78, 5) is 25.3. The minimum absolute atomic E-state index is 0.0446. The SMILES string of the molecule is N#CC1=C(N)N2C(=O)c3ccccc3SC2=C(C#N)C1c1ccc([N+](=O)[O-])cc1. The average molecular weight is 401 g/mol. The number of benzene rings is 2. The van der Waals surface area contributed by atoms with E-state index in [9.17, 15) is 25.4 Å². The van der Waals surface area contributed by atoms with Crippen molar-refractivity contribution in [3.05, 3.63) is 91.8 Å². The normalized spacial score (nSPS) is 17.9. The number of non-ortho nitro benzene ring substituents is 1. The van der Waals surface area contributed by atoms with Crippen LogP contribution in [-0.2, 0) is 0 Å². The molecule has 0 spiro atoms. The highest BCUT2D eigenvalue weighted by Crippen LogP contribution is 2.49. The standard InChI is InChI=1S/C20H11N5O3S/c21-9-14-17(11-5-7-12(8-6-11)25(27)28)15(10-22)20-24(18(14)23)19(26)13-3-1-2-4-16(13)29-20/h1-8,17H,23H2. The summed E-state index contributed by atoms with van der Waals surface area (Å²) in [6.07, 6.45) is 0. The largest absolute Gasteiger partial charge is 0.384 e. The number of rotatable bonds is 2. The predicted octanol–water partition coefficient (Wildman–Crippen LogP) is 3.37. The number of hydrogen-bond donors (Lipinski definition) is 1. The van der Waals surface area contributed by atoms with E-state index in [2.05, 4.69) is 6.07 Å². The maximum atomic E-state index is 13.0. The van der Waals surface area contributed by atoms with Gasteiger partial charge in [0.1, 0.15) is 10.9 Å². The minimum Gasteiger partial charge on any atom is -0.384 e. The third-order valence-corrected chi connectivity index (χ3v) is 5.90. The third-order valence-electron chi connectivity index (χ3n) is 4.73. The van der Waals surface area contributed by atoms with Crippen molar-refractivity contribution in [3.8, 4) is 12.1 Å². The summed E-state index contributed by atoms with van der Waals surface area (Å²) in [7, 11) is 0. The molecule has 140 valence electrons. The van der Waals surface area contributed by atoms with Crippen LogP contribution in [0, 0.1) is 32.8 Å². The second-order valence-corrected chi connectivity index (χ2v) is 7.29. The monoisotopic (exact) mass is 401 g/mol. The number of hydrogen-bond acceptors (Lipinski definition) is 7. The zero-order valence-electron chi connectivity index (χ0n) is 14.7. The van der Waals surface area contributed by atoms with E-state index in [-0.39, 0.29) is 22.7 Å². The smallest absolute Gasteiger partial charge is 0.269 e. The van der Waals surface area contributed by atoms with Gasteiger partial charge in [-0.1, -0.05) is 36.0 Å². The molecule has 2 aliphatic heterocycles. The van der Waals surface area contributed by atoms with Gasteiger partial charge in [0.15, 0.2) is 0 Å². The zero-order valence-corrected chi connectivity index (χ0v) is 15.5. The van der Waals surface area contributed by atoms with E-state index in [1.807, 2.05) is 6.07 Å². The van der Waals surface area contributed by atoms with Gasteiger partial charge in [0, 0.05) is 17.0 Å². The van der Waals surface area contributed by atoms with Gasteiger partial charge in [-0.05, 0) is 17.7 Å². The molecule has 2 aliphatic rings. The van der Waals surface area contributed by atoms with Crippen LogP contribution in [0.1, 0.15) is 21.8 Å². The van der Waals surface area contributed by atoms with E-state index >= 15 is 0 Å². The van der Waals surface area contributed by atoms with Crippen molar-refractivity contribution in [2.45, 2.75) is 10.8 Å². The molecule has 1 atom stereocenters. The van der Waals surface area contributed by atoms with Crippen molar-refractivity contribution >= 4 is 23.4 Å². The number of nitro groups is 1. The second-order valence-electron chi connectivity index (χ2n) is 6.26. The van der Waals surface area contributed by atoms with Crippen molar-refractivity contribution < 1.29 is 9.72 Å². The lowest BCUT2D eigenvalue weighted by Gasteiger charge is -2.37. The lowest BCUT2D eigenvalue weighted by atomic mass is 9.83. The van der Waals surface area contributed by atoms with Gasteiger partial charge in [-0.2, -0.15) is 10.5 Å². The Labute approximate surface area is 169 Å². The molecule has 0 aliphatic carbocycles. The molecule has 0 fully saturated rings. The summed E-state index contributed by atoms with van der Waals surface area (Å²) in [5.74, 6) is -1.27. The molecular weight excluding hydrogens is 390 g/mol. The van der Waals surface area contributed by atoms with Crippen LogP contribution in [0.4, 0.5) is 5.69 Å². The van der Waals surface area contributed by atoms with E-state index in [4.69, 9.17) is 5.73 Å². The fourth-order valence-corrected chi connectivity index (χ4v) is 4.55. The van der Waals surface area contributed by atoms with E-state index < -0.39 is 16.7 Å². The summed E-state index contributed by atoms with van der Waals surface area (Å²) < 4.78 is 0. The summed E-state index contributed by atoms with van der Waals surface area (Å²) in [5.41, 5.74) is 7.29. The molecule has 29 heavy (non-hydrogen) atoms. The first-order chi connectivity index (χ1) is 14.0. The maximum absolute atomic E-state index is 13.0. The van der Waals surface area contributed by atoms with Gasteiger partial charge >= 0.3 is 0 Å². The van der Waals surface area contributed by atoms with Crippen LogP contribution in [0.3, 0.4) is 0 Å². The molecule has 9 heteroatoms. The number of nitro benzene ring substituents is 1. The highest BCUT2D eigenvalue weighted by atomic mass is 32.2. The molecule has 2 aromatic carbocycles. The molecule has 0 saturated carbocycles. The molecule has 2 aromatic rings. The Morgan fingerprint density at radius 2 is 1.72 bits per heavy atom. The molecule has 4 rings (SSSR count). The third kappa shape index (κ3) is 2.73. The quantitative estimate of drug-likeness (QED) is 0.601. The van der Waals surface area contributed by atoms with Crippen molar-refractivity contribution in [3.63, 3.8) is 0 Å². The first-order valence-corrected chi connectivity index (χ1v) is 9.19. The van der Waals surface area contributed by atoms with Crippen LogP contribution in [0.2, 0.25) is 0 Å². The number of nitriles is 2. The van der Waals surface area contributed by atoms with Gasteiger partial charge in [0.05, 0.1) is 39.7 Å². The van der Waals surface area contributed by atoms with Crippen molar-refractivity contribution in [2.24, 2.45) is 5.73 Å². The van der Waals surface area contributed by atoms with Crippen molar-refractivity contribution in [1.82, 2.24) is 4.90 Å². The Kier molecular flexibility index (Phi) is 4.30. The van der Waals surface area contributed by atoms with Crippen LogP contribution in [0.15, 0.2) is 75.4 Å². The summed E-state index contributed by atoms with van der Waals surface area (Å²) in [5, 5.41) is 30.9. The van der Waals surface area contributed by atoms with Gasteiger partial charge < -0.3 is 5.73 Å². The molecule has 0 saturated heterocycles. The second kappa shape index (κ2) is 6.82. The van der Waals surface area contributed by atoms with E-state index in [1.165, 1.54) is 40.9 Å². The Morgan fingerprint density at radius 1 is 1.07 bits per heavy atom. The van der Waals surface area contributed by atoms with Crippen LogP contribution < -0.4 is 5.73 Å². The van der Waals surface area contributed by atoms with Gasteiger partial charge in [-0.15, -0.1) is 0 Å². The Balaban J connectivity index is 1.93. The van der Waals surface area contributed by atoms with Crippen molar-refractivity contribution in [1.29, 1.82) is 10.5 Å². The number of allylic oxidation sites excluding steroid dienone is 2. The molecule has 2 heterocycles. The molecule has 2 N–H and O–H groups in total. The van der Waals surface area contributed by atoms with Crippen LogP contribution in [-0.4, -0.2) is 15.7 Å². The first-order valence-electron chi connectivity index (χ1n) is 8.37. The lowest BCUT2D eigenvalue weighted by Crippen LogP contribution is -2.40. The highest BCUT2D eigenvalue weighted by Gasteiger charge is 2.42. The molecular formula is C20H11N5O3S. The maximum Gasteiger partial charge on any atom is 0.269 e. The molecule has 8 nitrogen and oxygen atoms in total. The Morgan fingerprint density at radius 3 is 2.34 bits per heavy atom. The number of carbonyl (C=O) groups excluding carboxylic acids is 1. The molecule has 1 unspecified atom stereocenters. The van der Waals surface area contributed by atoms with E-state index in [1.54, 1.807) is 24.3 Å². The number of fused-ring (bicyclic) bond motifs is 2. The van der Waals surface area contributed by atoms with Crippen molar-refractivity contribution in [2.75, 3.05) is 0 Å². The van der Waals surface area contributed by atoms with Crippen LogP contribution in [0.25, 0.3) is 0 Å². The van der Waals surface area contributed by atoms with E-state index in [0.717, 1.165) is 0 Å². The average Bonchev–Trinajstić information content (AvgIpc) is 2.73. The molecule has 0 aromatic heterocycles. The Hall–Kier alpha value is -4.08. The van der Waals surface area contributed by atoms with Gasteiger partial charge in [-0.3, -0.25) is 19.8 Å². The Bertz CT molecular complexity index is 1220. The van der Waals surface area contributed by atoms with E-state index in [0.29, 0.717) is 21.1 Å². The fourth-order valence-electron chi connectivity index (χ4n) is 3.38. The fraction of sp³-hybridized carbons (Fsp3) is 0.0500. The van der Waals surface area contributed by atoms with Gasteiger partial charge in [0.2, 0.25) is 0 Å². The first kappa shape index (κ1) is 18.3. The molecule has 0 bridgehead atoms. The summed E-state index contributed by atoms with van der Waals surface area (Å²) in [6.45, 7) is 0. The zero-order chi connectivity index (χ0) is 20.7. The van der Waals surface area contributed by atoms with Gasteiger partial charge in [-0.25, -0.2) is 0 Å². The summed E-state index contributed by atoms with van der Waals surface area (Å²) >= 11 is 1.23. The number of carbonyl (C=O) groups is 1. The van der Waals surface area contributed by atoms with Crippen LogP contribution >= 0.6 is 11.8 Å². The number of thioether (sulfide) groups is 1. The number of amides is 1. The summed E-state index contributed by atoms with van der Waals surface area (Å²) in [6, 6.07) is 16.7. The number of nitrogens with zero attached hydrogens (tertiary/aromatic N) is 4. The minimum atomic E-state index is -0.817. The van der Waals surface area contributed by atoms with Crippen LogP contribution in [0.5, 0.6) is 0 Å². The predicted molar refractivity (Wildman–Crippen MR) is 104 cm³/mol. The number of nitrogens with two attached hydrogens (primary N) is 1.